The van der Waals surface area contributed by atoms with E-state index in [0.717, 1.165) is 12.8 Å². The van der Waals surface area contributed by atoms with Gasteiger partial charge in [-0.15, -0.1) is 0 Å². The highest BCUT2D eigenvalue weighted by Crippen LogP contribution is 2.50. The van der Waals surface area contributed by atoms with Gasteiger partial charge in [0.1, 0.15) is 0 Å². The molecule has 1 radical (unpaired) electrons. The zero-order valence-electron chi connectivity index (χ0n) is 8.28. The van der Waals surface area contributed by atoms with Gasteiger partial charge < -0.3 is 0 Å². The molecule has 1 nitrogen and oxygen atoms in total. The van der Waals surface area contributed by atoms with Gasteiger partial charge in [-0.3, -0.25) is 4.98 Å². The molecule has 2 aliphatic rings. The number of hydrogen-bond donors (Lipinski definition) is 0. The summed E-state index contributed by atoms with van der Waals surface area (Å²) >= 11 is 3.61. The number of halogens is 1. The lowest BCUT2D eigenvalue weighted by Gasteiger charge is -2.36. The number of hydrogen-bond acceptors (Lipinski definition) is 1. The predicted molar refractivity (Wildman–Crippen MR) is 64.5 cm³/mol. The van der Waals surface area contributed by atoms with Crippen LogP contribution in [0.25, 0.3) is 0 Å². The van der Waals surface area contributed by atoms with E-state index in [9.17, 15) is 0 Å². The third kappa shape index (κ3) is 1.48. The van der Waals surface area contributed by atoms with Crippen LogP contribution >= 0.6 is 15.9 Å². The highest BCUT2D eigenvalue weighted by Gasteiger charge is 2.34. The standard InChI is InChI=1S/C13H11BrN/c14-12-5-3-4-9-10(12)8-11(9)13-6-1-2-7-15-13/h1-2,4-7,11H,3,8H2. The van der Waals surface area contributed by atoms with Gasteiger partial charge in [-0.05, 0) is 36.1 Å². The molecule has 2 heteroatoms. The first-order valence-corrected chi connectivity index (χ1v) is 5.99. The molecule has 0 saturated heterocycles. The maximum atomic E-state index is 4.43. The summed E-state index contributed by atoms with van der Waals surface area (Å²) in [5, 5.41) is 0. The first kappa shape index (κ1) is 9.34. The Morgan fingerprint density at radius 1 is 1.33 bits per heavy atom. The van der Waals surface area contributed by atoms with Crippen molar-refractivity contribution in [1.29, 1.82) is 0 Å². The topological polar surface area (TPSA) is 12.9 Å². The monoisotopic (exact) mass is 260 g/mol. The van der Waals surface area contributed by atoms with Gasteiger partial charge in [-0.2, -0.15) is 0 Å². The van der Waals surface area contributed by atoms with Crippen molar-refractivity contribution in [2.75, 3.05) is 0 Å². The molecule has 0 aromatic carbocycles. The van der Waals surface area contributed by atoms with Gasteiger partial charge in [0.05, 0.1) is 0 Å². The molecule has 0 spiro atoms. The maximum absolute atomic E-state index is 4.43. The molecule has 1 aromatic rings. The third-order valence-corrected chi connectivity index (χ3v) is 3.90. The lowest BCUT2D eigenvalue weighted by atomic mass is 9.70. The second-order valence-corrected chi connectivity index (χ2v) is 4.79. The summed E-state index contributed by atoms with van der Waals surface area (Å²) in [4.78, 5) is 4.43. The van der Waals surface area contributed by atoms with Crippen LogP contribution in [0.2, 0.25) is 0 Å². The second-order valence-electron chi connectivity index (χ2n) is 3.94. The zero-order chi connectivity index (χ0) is 10.3. The Bertz CT molecular complexity index is 445. The molecule has 1 saturated carbocycles. The van der Waals surface area contributed by atoms with Crippen molar-refractivity contribution in [2.45, 2.75) is 18.8 Å². The first-order valence-electron chi connectivity index (χ1n) is 5.19. The predicted octanol–water partition coefficient (Wildman–Crippen LogP) is 3.75. The van der Waals surface area contributed by atoms with E-state index >= 15 is 0 Å². The number of pyridine rings is 1. The van der Waals surface area contributed by atoms with Crippen LogP contribution in [0.1, 0.15) is 24.5 Å². The van der Waals surface area contributed by atoms with E-state index in [-0.39, 0.29) is 0 Å². The van der Waals surface area contributed by atoms with E-state index in [1.54, 1.807) is 0 Å². The molecule has 0 amide bonds. The quantitative estimate of drug-likeness (QED) is 0.750. The SMILES string of the molecule is BrC1=C2CC(c3ccccn3)C2=CC[CH]1. The Balaban J connectivity index is 1.92. The van der Waals surface area contributed by atoms with Crippen molar-refractivity contribution in [1.82, 2.24) is 4.98 Å². The second kappa shape index (κ2) is 3.60. The Kier molecular flexibility index (Phi) is 2.24. The van der Waals surface area contributed by atoms with Crippen molar-refractivity contribution in [3.63, 3.8) is 0 Å². The van der Waals surface area contributed by atoms with Gasteiger partial charge in [-0.25, -0.2) is 0 Å². The van der Waals surface area contributed by atoms with Gasteiger partial charge in [0.2, 0.25) is 0 Å². The minimum Gasteiger partial charge on any atom is -0.261 e. The molecule has 3 rings (SSSR count). The first-order chi connectivity index (χ1) is 7.36. The van der Waals surface area contributed by atoms with E-state index < -0.39 is 0 Å². The normalized spacial score (nSPS) is 24.3. The molecule has 0 aliphatic heterocycles. The molecular formula is C13H11BrN. The fourth-order valence-corrected chi connectivity index (χ4v) is 2.85. The lowest BCUT2D eigenvalue weighted by Crippen LogP contribution is -2.21. The summed E-state index contributed by atoms with van der Waals surface area (Å²) in [5.41, 5.74) is 4.15. The molecule has 0 bridgehead atoms. The summed E-state index contributed by atoms with van der Waals surface area (Å²) < 4.78 is 1.28. The number of fused-ring (bicyclic) bond motifs is 1. The van der Waals surface area contributed by atoms with Crippen LogP contribution in [-0.2, 0) is 0 Å². The lowest BCUT2D eigenvalue weighted by molar-refractivity contribution is 0.656. The van der Waals surface area contributed by atoms with Crippen molar-refractivity contribution >= 4 is 15.9 Å². The van der Waals surface area contributed by atoms with Crippen molar-refractivity contribution < 1.29 is 0 Å². The highest BCUT2D eigenvalue weighted by molar-refractivity contribution is 9.11. The molecule has 75 valence electrons. The van der Waals surface area contributed by atoms with Gasteiger partial charge in [0.15, 0.2) is 0 Å². The maximum Gasteiger partial charge on any atom is 0.0481 e. The van der Waals surface area contributed by atoms with E-state index in [0.29, 0.717) is 5.92 Å². The molecule has 1 heterocycles. The van der Waals surface area contributed by atoms with E-state index in [1.807, 2.05) is 12.3 Å². The third-order valence-electron chi connectivity index (χ3n) is 3.10. The summed E-state index contributed by atoms with van der Waals surface area (Å²) in [6, 6.07) is 6.15. The molecular weight excluding hydrogens is 250 g/mol. The van der Waals surface area contributed by atoms with E-state index in [2.05, 4.69) is 45.5 Å². The number of aromatic nitrogens is 1. The smallest absolute Gasteiger partial charge is 0.0481 e. The Hall–Kier alpha value is -0.890. The van der Waals surface area contributed by atoms with Crippen molar-refractivity contribution in [2.24, 2.45) is 0 Å². The number of rotatable bonds is 1. The number of nitrogens with zero attached hydrogens (tertiary/aromatic N) is 1. The van der Waals surface area contributed by atoms with E-state index in [1.165, 1.54) is 21.3 Å². The van der Waals surface area contributed by atoms with Gasteiger partial charge in [0, 0.05) is 28.7 Å². The van der Waals surface area contributed by atoms with E-state index in [4.69, 9.17) is 0 Å². The summed E-state index contributed by atoms with van der Waals surface area (Å²) in [6.07, 6.45) is 8.60. The van der Waals surface area contributed by atoms with Gasteiger partial charge in [-0.1, -0.05) is 28.1 Å². The fourth-order valence-electron chi connectivity index (χ4n) is 2.27. The molecule has 0 N–H and O–H groups in total. The fraction of sp³-hybridized carbons (Fsp3) is 0.231. The largest absolute Gasteiger partial charge is 0.261 e. The average Bonchev–Trinajstić information content (AvgIpc) is 2.23. The van der Waals surface area contributed by atoms with Crippen LogP contribution in [0, 0.1) is 6.42 Å². The van der Waals surface area contributed by atoms with Crippen molar-refractivity contribution in [3.05, 3.63) is 58.2 Å². The van der Waals surface area contributed by atoms with Crippen LogP contribution in [0.15, 0.2) is 46.1 Å². The minimum absolute atomic E-state index is 0.530. The Labute approximate surface area is 98.0 Å². The molecule has 1 fully saturated rings. The van der Waals surface area contributed by atoms with Crippen LogP contribution in [0.5, 0.6) is 0 Å². The van der Waals surface area contributed by atoms with Crippen molar-refractivity contribution in [3.8, 4) is 0 Å². The summed E-state index contributed by atoms with van der Waals surface area (Å²) in [7, 11) is 0. The molecule has 1 atom stereocenters. The average molecular weight is 261 g/mol. The Morgan fingerprint density at radius 3 is 3.07 bits per heavy atom. The number of allylic oxidation sites excluding steroid dienone is 4. The molecule has 1 unspecified atom stereocenters. The summed E-state index contributed by atoms with van der Waals surface area (Å²) in [5.74, 6) is 0.530. The molecule has 2 aliphatic carbocycles. The minimum atomic E-state index is 0.530. The van der Waals surface area contributed by atoms with Crippen LogP contribution in [0.3, 0.4) is 0 Å². The van der Waals surface area contributed by atoms with Gasteiger partial charge in [0.25, 0.3) is 0 Å². The Morgan fingerprint density at radius 2 is 2.27 bits per heavy atom. The molecule has 1 aromatic heterocycles. The van der Waals surface area contributed by atoms with Crippen LogP contribution in [0.4, 0.5) is 0 Å². The van der Waals surface area contributed by atoms with Gasteiger partial charge >= 0.3 is 0 Å². The van der Waals surface area contributed by atoms with Crippen LogP contribution < -0.4 is 0 Å². The highest BCUT2D eigenvalue weighted by atomic mass is 79.9. The van der Waals surface area contributed by atoms with Crippen LogP contribution in [-0.4, -0.2) is 4.98 Å². The summed E-state index contributed by atoms with van der Waals surface area (Å²) in [6.45, 7) is 0. The molecule has 15 heavy (non-hydrogen) atoms. The zero-order valence-corrected chi connectivity index (χ0v) is 9.87.